The van der Waals surface area contributed by atoms with Crippen LogP contribution in [0.3, 0.4) is 0 Å². The van der Waals surface area contributed by atoms with Gasteiger partial charge in [-0.15, -0.1) is 0 Å². The number of fused-ring (bicyclic) bond motifs is 1. The maximum Gasteiger partial charge on any atom is 0.181 e. The van der Waals surface area contributed by atoms with Crippen LogP contribution in [0.4, 0.5) is 5.82 Å². The van der Waals surface area contributed by atoms with E-state index in [0.29, 0.717) is 11.0 Å². The number of ether oxygens (including phenoxy) is 1. The molecule has 9 heteroatoms. The van der Waals surface area contributed by atoms with Crippen molar-refractivity contribution in [1.82, 2.24) is 19.7 Å². The van der Waals surface area contributed by atoms with E-state index in [1.165, 1.54) is 17.2 Å². The van der Waals surface area contributed by atoms with Gasteiger partial charge in [-0.05, 0) is 0 Å². The van der Waals surface area contributed by atoms with E-state index >= 15 is 0 Å². The second-order valence-corrected chi connectivity index (χ2v) is 4.31. The van der Waals surface area contributed by atoms with E-state index in [-0.39, 0.29) is 5.82 Å². The van der Waals surface area contributed by atoms with Crippen LogP contribution in [0.2, 0.25) is 0 Å². The largest absolute Gasteiger partial charge is 0.394 e. The van der Waals surface area contributed by atoms with Gasteiger partial charge in [-0.3, -0.25) is 0 Å². The van der Waals surface area contributed by atoms with Crippen molar-refractivity contribution in [2.75, 3.05) is 12.3 Å². The molecule has 9 nitrogen and oxygen atoms in total. The molecular formula is C10H13N5O4. The van der Waals surface area contributed by atoms with Crippen molar-refractivity contribution in [2.24, 2.45) is 0 Å². The zero-order valence-electron chi connectivity index (χ0n) is 9.79. The minimum Gasteiger partial charge on any atom is -0.394 e. The van der Waals surface area contributed by atoms with Gasteiger partial charge >= 0.3 is 0 Å². The van der Waals surface area contributed by atoms with Crippen molar-refractivity contribution in [3.8, 4) is 0 Å². The van der Waals surface area contributed by atoms with Crippen LogP contribution < -0.4 is 5.73 Å². The van der Waals surface area contributed by atoms with Crippen LogP contribution in [0.5, 0.6) is 0 Å². The van der Waals surface area contributed by atoms with Gasteiger partial charge in [0.1, 0.15) is 30.5 Å². The Labute approximate surface area is 107 Å². The normalized spacial score (nSPS) is 31.1. The SMILES string of the molecule is Nc1ncnc2c1cnn2C1O[C@H](CO)[C@@H](O)[C@H]1O. The average molecular weight is 267 g/mol. The van der Waals surface area contributed by atoms with Gasteiger partial charge in [0.05, 0.1) is 18.2 Å². The standard InChI is InChI=1S/C10H13N5O4/c11-8-4-1-14-15(9(4)13-3-12-8)10-7(18)6(17)5(2-16)19-10/h1,3,5-7,10,16-18H,2H2,(H2,11,12,13)/t5-,6-,7-,10?/m1/s1. The monoisotopic (exact) mass is 267 g/mol. The number of nitrogen functional groups attached to an aromatic ring is 1. The summed E-state index contributed by atoms with van der Waals surface area (Å²) >= 11 is 0. The smallest absolute Gasteiger partial charge is 0.181 e. The average Bonchev–Trinajstić information content (AvgIpc) is 2.94. The third-order valence-electron chi connectivity index (χ3n) is 3.18. The van der Waals surface area contributed by atoms with Gasteiger partial charge < -0.3 is 25.8 Å². The molecular weight excluding hydrogens is 254 g/mol. The molecule has 4 atom stereocenters. The summed E-state index contributed by atoms with van der Waals surface area (Å²) in [4.78, 5) is 7.86. The molecule has 1 aliphatic heterocycles. The Morgan fingerprint density at radius 3 is 2.79 bits per heavy atom. The summed E-state index contributed by atoms with van der Waals surface area (Å²) in [5, 5.41) is 33.3. The predicted molar refractivity (Wildman–Crippen MR) is 62.7 cm³/mol. The molecule has 0 spiro atoms. The van der Waals surface area contributed by atoms with Crippen LogP contribution in [0.15, 0.2) is 12.5 Å². The van der Waals surface area contributed by atoms with Crippen LogP contribution in [0.1, 0.15) is 6.23 Å². The summed E-state index contributed by atoms with van der Waals surface area (Å²) in [6.45, 7) is -0.398. The van der Waals surface area contributed by atoms with Crippen LogP contribution in [0.25, 0.3) is 11.0 Å². The Kier molecular flexibility index (Phi) is 2.82. The highest BCUT2D eigenvalue weighted by atomic mass is 16.6. The zero-order chi connectivity index (χ0) is 13.6. The summed E-state index contributed by atoms with van der Waals surface area (Å²) in [6, 6.07) is 0. The summed E-state index contributed by atoms with van der Waals surface area (Å²) in [6.07, 6.45) is -1.46. The summed E-state index contributed by atoms with van der Waals surface area (Å²) in [5.41, 5.74) is 6.08. The Bertz CT molecular complexity index is 603. The first-order chi connectivity index (χ1) is 9.13. The maximum absolute atomic E-state index is 9.94. The highest BCUT2D eigenvalue weighted by Crippen LogP contribution is 2.31. The van der Waals surface area contributed by atoms with E-state index in [1.54, 1.807) is 0 Å². The van der Waals surface area contributed by atoms with Gasteiger partial charge in [-0.1, -0.05) is 0 Å². The number of anilines is 1. The third kappa shape index (κ3) is 1.75. The van der Waals surface area contributed by atoms with Gasteiger partial charge in [-0.25, -0.2) is 14.6 Å². The first kappa shape index (κ1) is 12.2. The topological polar surface area (TPSA) is 140 Å². The van der Waals surface area contributed by atoms with Crippen molar-refractivity contribution < 1.29 is 20.1 Å². The van der Waals surface area contributed by atoms with E-state index in [9.17, 15) is 10.2 Å². The lowest BCUT2D eigenvalue weighted by Crippen LogP contribution is -2.33. The molecule has 1 saturated heterocycles. The van der Waals surface area contributed by atoms with Gasteiger partial charge in [0.15, 0.2) is 11.9 Å². The maximum atomic E-state index is 9.94. The number of hydrogen-bond donors (Lipinski definition) is 4. The zero-order valence-corrected chi connectivity index (χ0v) is 9.79. The first-order valence-corrected chi connectivity index (χ1v) is 5.69. The lowest BCUT2D eigenvalue weighted by molar-refractivity contribution is -0.0566. The van der Waals surface area contributed by atoms with E-state index in [1.807, 2.05) is 0 Å². The molecule has 0 saturated carbocycles. The molecule has 1 aliphatic rings. The molecule has 102 valence electrons. The van der Waals surface area contributed by atoms with Gasteiger partial charge in [0, 0.05) is 0 Å². The Morgan fingerprint density at radius 1 is 1.32 bits per heavy atom. The summed E-state index contributed by atoms with van der Waals surface area (Å²) in [7, 11) is 0. The molecule has 1 fully saturated rings. The van der Waals surface area contributed by atoms with E-state index in [0.717, 1.165) is 0 Å². The van der Waals surface area contributed by atoms with E-state index in [4.69, 9.17) is 15.6 Å². The molecule has 0 aromatic carbocycles. The molecule has 0 amide bonds. The van der Waals surface area contributed by atoms with Gasteiger partial charge in [0.2, 0.25) is 0 Å². The highest BCUT2D eigenvalue weighted by Gasteiger charge is 2.44. The molecule has 3 rings (SSSR count). The molecule has 2 aromatic heterocycles. The molecule has 19 heavy (non-hydrogen) atoms. The van der Waals surface area contributed by atoms with Crippen LogP contribution in [-0.2, 0) is 4.74 Å². The third-order valence-corrected chi connectivity index (χ3v) is 3.18. The summed E-state index contributed by atoms with van der Waals surface area (Å²) in [5.74, 6) is 0.267. The lowest BCUT2D eigenvalue weighted by atomic mass is 10.1. The fraction of sp³-hybridized carbons (Fsp3) is 0.500. The number of aliphatic hydroxyl groups excluding tert-OH is 3. The highest BCUT2D eigenvalue weighted by molar-refractivity contribution is 5.84. The molecule has 1 unspecified atom stereocenters. The fourth-order valence-electron chi connectivity index (χ4n) is 2.15. The fourth-order valence-corrected chi connectivity index (χ4v) is 2.15. The van der Waals surface area contributed by atoms with Crippen molar-refractivity contribution >= 4 is 16.9 Å². The van der Waals surface area contributed by atoms with Gasteiger partial charge in [-0.2, -0.15) is 5.10 Å². The minimum absolute atomic E-state index is 0.267. The lowest BCUT2D eigenvalue weighted by Gasteiger charge is -2.15. The van der Waals surface area contributed by atoms with Crippen LogP contribution >= 0.6 is 0 Å². The molecule has 5 N–H and O–H groups in total. The second kappa shape index (κ2) is 4.38. The number of nitrogens with zero attached hydrogens (tertiary/aromatic N) is 4. The Morgan fingerprint density at radius 2 is 2.11 bits per heavy atom. The van der Waals surface area contributed by atoms with Crippen molar-refractivity contribution in [1.29, 1.82) is 0 Å². The predicted octanol–water partition coefficient (Wildman–Crippen LogP) is -1.98. The number of nitrogens with two attached hydrogens (primary N) is 1. The van der Waals surface area contributed by atoms with Crippen LogP contribution in [0, 0.1) is 0 Å². The molecule has 0 bridgehead atoms. The molecule has 3 heterocycles. The molecule has 2 aromatic rings. The number of hydrogen-bond acceptors (Lipinski definition) is 8. The Balaban J connectivity index is 2.04. The summed E-state index contributed by atoms with van der Waals surface area (Å²) < 4.78 is 6.69. The van der Waals surface area contributed by atoms with Crippen molar-refractivity contribution in [3.63, 3.8) is 0 Å². The first-order valence-electron chi connectivity index (χ1n) is 5.69. The molecule has 0 aliphatic carbocycles. The van der Waals surface area contributed by atoms with Crippen LogP contribution in [-0.4, -0.2) is 60.0 Å². The minimum atomic E-state index is -1.21. The Hall–Kier alpha value is -1.81. The number of aliphatic hydroxyl groups is 3. The molecule has 0 radical (unpaired) electrons. The number of rotatable bonds is 2. The quantitative estimate of drug-likeness (QED) is 0.491. The van der Waals surface area contributed by atoms with Crippen molar-refractivity contribution in [3.05, 3.63) is 12.5 Å². The van der Waals surface area contributed by atoms with Gasteiger partial charge in [0.25, 0.3) is 0 Å². The van der Waals surface area contributed by atoms with E-state index < -0.39 is 31.1 Å². The number of aromatic nitrogens is 4. The van der Waals surface area contributed by atoms with E-state index in [2.05, 4.69) is 15.1 Å². The second-order valence-electron chi connectivity index (χ2n) is 4.31. The van der Waals surface area contributed by atoms with Crippen molar-refractivity contribution in [2.45, 2.75) is 24.5 Å².